The van der Waals surface area contributed by atoms with Crippen molar-refractivity contribution in [2.45, 2.75) is 32.9 Å². The summed E-state index contributed by atoms with van der Waals surface area (Å²) < 4.78 is 26.9. The number of hydrogen-bond acceptors (Lipinski definition) is 4. The summed E-state index contributed by atoms with van der Waals surface area (Å²) in [4.78, 5) is 28.5. The van der Waals surface area contributed by atoms with Crippen LogP contribution in [0.5, 0.6) is 0 Å². The van der Waals surface area contributed by atoms with Gasteiger partial charge in [-0.25, -0.2) is 8.42 Å². The Hall–Kier alpha value is -3.36. The molecular formula is C28H32ClN3O4S. The Morgan fingerprint density at radius 2 is 1.51 bits per heavy atom. The van der Waals surface area contributed by atoms with Gasteiger partial charge in [-0.2, -0.15) is 0 Å². The average Bonchev–Trinajstić information content (AvgIpc) is 2.85. The second-order valence-electron chi connectivity index (χ2n) is 8.98. The molecule has 9 heteroatoms. The number of nitrogens with zero attached hydrogens (tertiary/aromatic N) is 2. The van der Waals surface area contributed by atoms with Crippen LogP contribution < -0.4 is 9.62 Å². The van der Waals surface area contributed by atoms with Crippen LogP contribution in [0.1, 0.15) is 22.3 Å². The quantitative estimate of drug-likeness (QED) is 0.418. The molecule has 3 aromatic carbocycles. The van der Waals surface area contributed by atoms with Crippen molar-refractivity contribution >= 4 is 39.1 Å². The number of carbonyl (C=O) groups excluding carboxylic acids is 2. The van der Waals surface area contributed by atoms with E-state index < -0.39 is 28.5 Å². The van der Waals surface area contributed by atoms with E-state index in [-0.39, 0.29) is 18.9 Å². The Morgan fingerprint density at radius 1 is 0.919 bits per heavy atom. The molecule has 0 aromatic heterocycles. The van der Waals surface area contributed by atoms with Crippen molar-refractivity contribution in [3.63, 3.8) is 0 Å². The van der Waals surface area contributed by atoms with Crippen molar-refractivity contribution < 1.29 is 18.0 Å². The third kappa shape index (κ3) is 7.33. The molecule has 0 fully saturated rings. The molecule has 2 amide bonds. The first-order valence-electron chi connectivity index (χ1n) is 11.8. The van der Waals surface area contributed by atoms with Crippen molar-refractivity contribution in [2.24, 2.45) is 0 Å². The molecule has 0 aliphatic heterocycles. The van der Waals surface area contributed by atoms with E-state index in [2.05, 4.69) is 5.32 Å². The lowest BCUT2D eigenvalue weighted by Gasteiger charge is -2.34. The molecule has 196 valence electrons. The fourth-order valence-electron chi connectivity index (χ4n) is 4.33. The van der Waals surface area contributed by atoms with Crippen LogP contribution in [-0.2, 0) is 32.6 Å². The molecule has 3 aromatic rings. The molecule has 0 aliphatic rings. The molecular weight excluding hydrogens is 510 g/mol. The van der Waals surface area contributed by atoms with Crippen LogP contribution in [0, 0.1) is 13.8 Å². The van der Waals surface area contributed by atoms with Crippen LogP contribution in [0.15, 0.2) is 72.8 Å². The van der Waals surface area contributed by atoms with E-state index >= 15 is 0 Å². The van der Waals surface area contributed by atoms with Gasteiger partial charge in [-0.1, -0.05) is 72.3 Å². The zero-order valence-corrected chi connectivity index (χ0v) is 23.0. The molecule has 1 atom stereocenters. The van der Waals surface area contributed by atoms with Crippen molar-refractivity contribution in [1.29, 1.82) is 0 Å². The molecule has 37 heavy (non-hydrogen) atoms. The number of anilines is 1. The van der Waals surface area contributed by atoms with Crippen molar-refractivity contribution in [2.75, 3.05) is 24.2 Å². The van der Waals surface area contributed by atoms with Crippen LogP contribution in [0.3, 0.4) is 0 Å². The Morgan fingerprint density at radius 3 is 2.08 bits per heavy atom. The van der Waals surface area contributed by atoms with Gasteiger partial charge in [0, 0.05) is 25.0 Å². The van der Waals surface area contributed by atoms with Crippen molar-refractivity contribution in [3.8, 4) is 0 Å². The highest BCUT2D eigenvalue weighted by Gasteiger charge is 2.33. The van der Waals surface area contributed by atoms with E-state index in [1.54, 1.807) is 44.2 Å². The second kappa shape index (κ2) is 12.3. The fourth-order valence-corrected chi connectivity index (χ4v) is 5.50. The van der Waals surface area contributed by atoms with Crippen LogP contribution in [0.25, 0.3) is 0 Å². The lowest BCUT2D eigenvalue weighted by Crippen LogP contribution is -2.53. The fraction of sp³-hybridized carbons (Fsp3) is 0.286. The summed E-state index contributed by atoms with van der Waals surface area (Å²) in [6.07, 6.45) is 1.34. The Labute approximate surface area is 224 Å². The van der Waals surface area contributed by atoms with E-state index in [4.69, 9.17) is 11.6 Å². The number of benzene rings is 3. The minimum atomic E-state index is -3.82. The van der Waals surface area contributed by atoms with Crippen LogP contribution >= 0.6 is 11.6 Å². The highest BCUT2D eigenvalue weighted by Crippen LogP contribution is 2.27. The molecule has 0 spiro atoms. The number of amides is 2. The van der Waals surface area contributed by atoms with Gasteiger partial charge in [0.15, 0.2) is 0 Å². The molecule has 0 radical (unpaired) electrons. The summed E-state index contributed by atoms with van der Waals surface area (Å²) in [5.74, 6) is -0.852. The Kier molecular flexibility index (Phi) is 9.34. The van der Waals surface area contributed by atoms with E-state index in [9.17, 15) is 18.0 Å². The van der Waals surface area contributed by atoms with Crippen LogP contribution in [0.4, 0.5) is 5.69 Å². The number of nitrogens with one attached hydrogen (secondary N) is 1. The normalized spacial score (nSPS) is 12.0. The summed E-state index contributed by atoms with van der Waals surface area (Å²) in [6, 6.07) is 21.0. The minimum absolute atomic E-state index is 0.0780. The third-order valence-corrected chi connectivity index (χ3v) is 7.47. The molecule has 0 heterocycles. The summed E-state index contributed by atoms with van der Waals surface area (Å²) >= 11 is 6.20. The highest BCUT2D eigenvalue weighted by atomic mass is 35.5. The molecule has 0 aliphatic carbocycles. The number of rotatable bonds is 10. The number of para-hydroxylation sites is 1. The maximum absolute atomic E-state index is 13.9. The summed E-state index contributed by atoms with van der Waals surface area (Å²) in [6.45, 7) is 3.23. The van der Waals surface area contributed by atoms with E-state index in [0.717, 1.165) is 32.8 Å². The van der Waals surface area contributed by atoms with Gasteiger partial charge < -0.3 is 10.2 Å². The van der Waals surface area contributed by atoms with Gasteiger partial charge in [-0.05, 0) is 48.2 Å². The molecule has 3 rings (SSSR count). The topological polar surface area (TPSA) is 86.8 Å². The van der Waals surface area contributed by atoms with E-state index in [1.807, 2.05) is 42.5 Å². The highest BCUT2D eigenvalue weighted by molar-refractivity contribution is 7.92. The van der Waals surface area contributed by atoms with Crippen molar-refractivity contribution in [1.82, 2.24) is 10.2 Å². The summed E-state index contributed by atoms with van der Waals surface area (Å²) in [5, 5.41) is 3.16. The predicted molar refractivity (Wildman–Crippen MR) is 148 cm³/mol. The minimum Gasteiger partial charge on any atom is -0.357 e. The predicted octanol–water partition coefficient (Wildman–Crippen LogP) is 4.11. The number of likely N-dealkylation sites (N-methyl/N-ethyl adjacent to an activating group) is 1. The van der Waals surface area contributed by atoms with Gasteiger partial charge in [0.2, 0.25) is 21.8 Å². The largest absolute Gasteiger partial charge is 0.357 e. The molecule has 0 unspecified atom stereocenters. The van der Waals surface area contributed by atoms with E-state index in [1.165, 1.54) is 11.9 Å². The zero-order valence-electron chi connectivity index (χ0n) is 21.4. The first kappa shape index (κ1) is 28.2. The van der Waals surface area contributed by atoms with Crippen molar-refractivity contribution in [3.05, 3.63) is 100 Å². The number of carbonyl (C=O) groups is 2. The van der Waals surface area contributed by atoms with Crippen LogP contribution in [-0.4, -0.2) is 51.0 Å². The van der Waals surface area contributed by atoms with Gasteiger partial charge in [0.05, 0.1) is 11.9 Å². The standard InChI is InChI=1S/C28H32ClN3O4S/c1-20-10-8-11-21(2)27(20)32(37(4,35)36)19-26(33)31(18-23-14-9-15-24(29)16-23)25(28(34)30-3)17-22-12-6-5-7-13-22/h5-16,25H,17-19H2,1-4H3,(H,30,34)/t25-/m0/s1. The zero-order chi connectivity index (χ0) is 27.2. The van der Waals surface area contributed by atoms with Gasteiger partial charge in [-0.15, -0.1) is 0 Å². The first-order chi connectivity index (χ1) is 17.5. The molecule has 1 N–H and O–H groups in total. The van der Waals surface area contributed by atoms with Crippen LogP contribution in [0.2, 0.25) is 5.02 Å². The average molecular weight is 542 g/mol. The molecule has 0 saturated heterocycles. The maximum Gasteiger partial charge on any atom is 0.244 e. The smallest absolute Gasteiger partial charge is 0.244 e. The number of hydrogen-bond donors (Lipinski definition) is 1. The number of sulfonamides is 1. The molecule has 0 saturated carbocycles. The van der Waals surface area contributed by atoms with Gasteiger partial charge in [-0.3, -0.25) is 13.9 Å². The SMILES string of the molecule is CNC(=O)[C@H](Cc1ccccc1)N(Cc1cccc(Cl)c1)C(=O)CN(c1c(C)cccc1C)S(C)(=O)=O. The third-order valence-electron chi connectivity index (χ3n) is 6.13. The van der Waals surface area contributed by atoms with E-state index in [0.29, 0.717) is 10.7 Å². The maximum atomic E-state index is 13.9. The monoisotopic (exact) mass is 541 g/mol. The Balaban J connectivity index is 2.07. The van der Waals surface area contributed by atoms with Gasteiger partial charge >= 0.3 is 0 Å². The summed E-state index contributed by atoms with van der Waals surface area (Å²) in [7, 11) is -2.30. The molecule has 0 bridgehead atoms. The first-order valence-corrected chi connectivity index (χ1v) is 14.1. The Bertz CT molecular complexity index is 1340. The summed E-state index contributed by atoms with van der Waals surface area (Å²) in [5.41, 5.74) is 3.51. The lowest BCUT2D eigenvalue weighted by atomic mass is 10.0. The number of halogens is 1. The van der Waals surface area contributed by atoms with Gasteiger partial charge in [0.1, 0.15) is 12.6 Å². The lowest BCUT2D eigenvalue weighted by molar-refractivity contribution is -0.139. The molecule has 7 nitrogen and oxygen atoms in total. The van der Waals surface area contributed by atoms with Gasteiger partial charge in [0.25, 0.3) is 0 Å². The second-order valence-corrected chi connectivity index (χ2v) is 11.3. The number of aryl methyl sites for hydroxylation is 2.